The Morgan fingerprint density at radius 1 is 0.966 bits per heavy atom. The molecule has 146 valence electrons. The summed E-state index contributed by atoms with van der Waals surface area (Å²) in [4.78, 5) is 30.1. The molecule has 6 heteroatoms. The minimum atomic E-state index is -0.306. The SMILES string of the molecule is CCCOc1cccc(N2C(=O)C(Sc3ccccc3)=C(c3cccs3)C2=O)c1. The number of carbonyl (C=O) groups excluding carboxylic acids is 2. The zero-order valence-corrected chi connectivity index (χ0v) is 17.5. The molecule has 0 saturated heterocycles. The van der Waals surface area contributed by atoms with Crippen molar-refractivity contribution in [2.24, 2.45) is 0 Å². The van der Waals surface area contributed by atoms with Gasteiger partial charge in [0, 0.05) is 15.8 Å². The molecule has 3 aromatic rings. The molecule has 1 aliphatic heterocycles. The highest BCUT2D eigenvalue weighted by Gasteiger charge is 2.41. The zero-order valence-electron chi connectivity index (χ0n) is 15.8. The second kappa shape index (κ2) is 8.68. The predicted octanol–water partition coefficient (Wildman–Crippen LogP) is 5.61. The van der Waals surface area contributed by atoms with Crippen LogP contribution < -0.4 is 9.64 Å². The van der Waals surface area contributed by atoms with Crippen molar-refractivity contribution in [1.82, 2.24) is 0 Å². The molecular weight excluding hydrogens is 402 g/mol. The molecule has 0 spiro atoms. The highest BCUT2D eigenvalue weighted by atomic mass is 32.2. The fraction of sp³-hybridized carbons (Fsp3) is 0.130. The van der Waals surface area contributed by atoms with Crippen LogP contribution in [0.1, 0.15) is 18.2 Å². The van der Waals surface area contributed by atoms with Crippen molar-refractivity contribution >= 4 is 46.2 Å². The Labute approximate surface area is 177 Å². The number of benzene rings is 2. The second-order valence-corrected chi connectivity index (χ2v) is 8.42. The lowest BCUT2D eigenvalue weighted by molar-refractivity contribution is -0.119. The number of ether oxygens (including phenoxy) is 1. The average Bonchev–Trinajstić information content (AvgIpc) is 3.34. The van der Waals surface area contributed by atoms with Gasteiger partial charge in [0.05, 0.1) is 22.8 Å². The van der Waals surface area contributed by atoms with Gasteiger partial charge in [0.1, 0.15) is 5.75 Å². The molecule has 2 heterocycles. The van der Waals surface area contributed by atoms with Gasteiger partial charge < -0.3 is 4.74 Å². The molecule has 4 rings (SSSR count). The topological polar surface area (TPSA) is 46.6 Å². The summed E-state index contributed by atoms with van der Waals surface area (Å²) in [5.74, 6) is 0.0372. The van der Waals surface area contributed by atoms with Crippen LogP contribution in [-0.4, -0.2) is 18.4 Å². The van der Waals surface area contributed by atoms with E-state index in [2.05, 4.69) is 0 Å². The van der Waals surface area contributed by atoms with Crippen LogP contribution in [0.15, 0.2) is 81.9 Å². The van der Waals surface area contributed by atoms with Crippen molar-refractivity contribution in [3.05, 3.63) is 81.9 Å². The lowest BCUT2D eigenvalue weighted by atomic mass is 10.2. The Balaban J connectivity index is 1.73. The van der Waals surface area contributed by atoms with E-state index in [0.29, 0.717) is 28.5 Å². The molecule has 2 aromatic carbocycles. The van der Waals surface area contributed by atoms with Crippen molar-refractivity contribution < 1.29 is 14.3 Å². The molecule has 4 nitrogen and oxygen atoms in total. The predicted molar refractivity (Wildman–Crippen MR) is 118 cm³/mol. The number of nitrogens with zero attached hydrogens (tertiary/aromatic N) is 1. The van der Waals surface area contributed by atoms with Crippen molar-refractivity contribution in [3.63, 3.8) is 0 Å². The Bertz CT molecular complexity index is 1060. The number of amides is 2. The largest absolute Gasteiger partial charge is 0.494 e. The molecule has 2 amide bonds. The minimum Gasteiger partial charge on any atom is -0.494 e. The molecule has 0 fully saturated rings. The number of hydrogen-bond acceptors (Lipinski definition) is 5. The maximum absolute atomic E-state index is 13.3. The zero-order chi connectivity index (χ0) is 20.2. The molecule has 0 N–H and O–H groups in total. The second-order valence-electron chi connectivity index (χ2n) is 6.39. The fourth-order valence-corrected chi connectivity index (χ4v) is 4.86. The van der Waals surface area contributed by atoms with Crippen LogP contribution in [0, 0.1) is 0 Å². The van der Waals surface area contributed by atoms with E-state index in [1.54, 1.807) is 18.2 Å². The van der Waals surface area contributed by atoms with E-state index in [1.165, 1.54) is 28.0 Å². The summed E-state index contributed by atoms with van der Waals surface area (Å²) in [6.07, 6.45) is 0.883. The number of carbonyl (C=O) groups is 2. The van der Waals surface area contributed by atoms with Crippen molar-refractivity contribution in [1.29, 1.82) is 0 Å². The van der Waals surface area contributed by atoms with Gasteiger partial charge in [0.15, 0.2) is 0 Å². The van der Waals surface area contributed by atoms with Crippen molar-refractivity contribution in [2.45, 2.75) is 18.2 Å². The highest BCUT2D eigenvalue weighted by molar-refractivity contribution is 8.04. The van der Waals surface area contributed by atoms with Gasteiger partial charge in [-0.1, -0.05) is 49.0 Å². The van der Waals surface area contributed by atoms with Crippen LogP contribution in [0.5, 0.6) is 5.75 Å². The number of thioether (sulfide) groups is 1. The Morgan fingerprint density at radius 2 is 1.79 bits per heavy atom. The molecule has 0 unspecified atom stereocenters. The van der Waals surface area contributed by atoms with Crippen molar-refractivity contribution in [3.8, 4) is 5.75 Å². The quantitative estimate of drug-likeness (QED) is 0.465. The van der Waals surface area contributed by atoms with Gasteiger partial charge in [-0.25, -0.2) is 4.90 Å². The molecule has 29 heavy (non-hydrogen) atoms. The lowest BCUT2D eigenvalue weighted by Gasteiger charge is -2.16. The van der Waals surface area contributed by atoms with Gasteiger partial charge >= 0.3 is 0 Å². The van der Waals surface area contributed by atoms with E-state index in [9.17, 15) is 9.59 Å². The maximum atomic E-state index is 13.3. The van der Waals surface area contributed by atoms with Gasteiger partial charge in [-0.2, -0.15) is 0 Å². The Morgan fingerprint density at radius 3 is 2.52 bits per heavy atom. The molecule has 0 bridgehead atoms. The standard InChI is InChI=1S/C23H19NO3S2/c1-2-13-27-17-9-6-8-16(15-17)24-22(25)20(19-12-7-14-28-19)21(23(24)26)29-18-10-4-3-5-11-18/h3-12,14-15H,2,13H2,1H3. The van der Waals surface area contributed by atoms with Crippen LogP contribution >= 0.6 is 23.1 Å². The smallest absolute Gasteiger partial charge is 0.272 e. The first kappa shape index (κ1) is 19.5. The Hall–Kier alpha value is -2.83. The van der Waals surface area contributed by atoms with E-state index in [4.69, 9.17) is 4.74 Å². The third-order valence-electron chi connectivity index (χ3n) is 4.32. The van der Waals surface area contributed by atoms with Crippen LogP contribution in [0.3, 0.4) is 0 Å². The van der Waals surface area contributed by atoms with E-state index < -0.39 is 0 Å². The first-order valence-corrected chi connectivity index (χ1v) is 11.0. The third-order valence-corrected chi connectivity index (χ3v) is 6.30. The molecule has 0 atom stereocenters. The third kappa shape index (κ3) is 3.99. The van der Waals surface area contributed by atoms with Gasteiger partial charge in [-0.05, 0) is 42.1 Å². The first-order chi connectivity index (χ1) is 14.2. The van der Waals surface area contributed by atoms with Crippen LogP contribution in [0.2, 0.25) is 0 Å². The van der Waals surface area contributed by atoms with Gasteiger partial charge in [-0.15, -0.1) is 11.3 Å². The lowest BCUT2D eigenvalue weighted by Crippen LogP contribution is -2.31. The summed E-state index contributed by atoms with van der Waals surface area (Å²) in [7, 11) is 0. The summed E-state index contributed by atoms with van der Waals surface area (Å²) in [6, 6.07) is 20.5. The van der Waals surface area contributed by atoms with E-state index in [0.717, 1.165) is 16.2 Å². The van der Waals surface area contributed by atoms with Gasteiger partial charge in [-0.3, -0.25) is 9.59 Å². The molecule has 1 aromatic heterocycles. The molecule has 0 saturated carbocycles. The number of hydrogen-bond donors (Lipinski definition) is 0. The van der Waals surface area contributed by atoms with Crippen molar-refractivity contribution in [2.75, 3.05) is 11.5 Å². The summed E-state index contributed by atoms with van der Waals surface area (Å²) >= 11 is 2.79. The normalized spacial score (nSPS) is 14.0. The molecule has 0 radical (unpaired) electrons. The van der Waals surface area contributed by atoms with E-state index in [-0.39, 0.29) is 11.8 Å². The first-order valence-electron chi connectivity index (χ1n) is 9.31. The molecule has 0 aliphatic carbocycles. The average molecular weight is 422 g/mol. The fourth-order valence-electron chi connectivity index (χ4n) is 3.02. The summed E-state index contributed by atoms with van der Waals surface area (Å²) in [6.45, 7) is 2.61. The maximum Gasteiger partial charge on any atom is 0.272 e. The minimum absolute atomic E-state index is 0.302. The Kier molecular flexibility index (Phi) is 5.83. The van der Waals surface area contributed by atoms with Crippen LogP contribution in [0.25, 0.3) is 5.57 Å². The van der Waals surface area contributed by atoms with Gasteiger partial charge in [0.25, 0.3) is 11.8 Å². The molecular formula is C23H19NO3S2. The van der Waals surface area contributed by atoms with Crippen LogP contribution in [-0.2, 0) is 9.59 Å². The summed E-state index contributed by atoms with van der Waals surface area (Å²) in [5.41, 5.74) is 0.977. The highest BCUT2D eigenvalue weighted by Crippen LogP contribution is 2.42. The number of thiophene rings is 1. The number of imide groups is 1. The van der Waals surface area contributed by atoms with E-state index >= 15 is 0 Å². The van der Waals surface area contributed by atoms with E-state index in [1.807, 2.05) is 60.8 Å². The van der Waals surface area contributed by atoms with Crippen LogP contribution in [0.4, 0.5) is 5.69 Å². The molecule has 1 aliphatic rings. The number of rotatable bonds is 7. The monoisotopic (exact) mass is 421 g/mol. The summed E-state index contributed by atoms with van der Waals surface area (Å²) < 4.78 is 5.68. The van der Waals surface area contributed by atoms with Gasteiger partial charge in [0.2, 0.25) is 0 Å². The number of anilines is 1. The summed E-state index contributed by atoms with van der Waals surface area (Å²) in [5, 5.41) is 1.91.